The Hall–Kier alpha value is -2.92. The molecule has 1 aliphatic carbocycles. The summed E-state index contributed by atoms with van der Waals surface area (Å²) in [6.07, 6.45) is 7.96. The summed E-state index contributed by atoms with van der Waals surface area (Å²) in [4.78, 5) is 0. The largest absolute Gasteiger partial charge is 0.388 e. The Bertz CT molecular complexity index is 730. The first kappa shape index (κ1) is 25.1. The number of aliphatic hydroxyl groups is 1. The molecular formula is C20H21F5N2O. The van der Waals surface area contributed by atoms with Gasteiger partial charge < -0.3 is 15.8 Å². The number of alkyl halides is 2. The molecule has 0 aliphatic heterocycles. The van der Waals surface area contributed by atoms with Crippen molar-refractivity contribution in [3.8, 4) is 12.5 Å². The molecule has 3 nitrogen and oxygen atoms in total. The van der Waals surface area contributed by atoms with Gasteiger partial charge >= 0.3 is 0 Å². The summed E-state index contributed by atoms with van der Waals surface area (Å²) in [5, 5.41) is 18.9. The Morgan fingerprint density at radius 2 is 1.79 bits per heavy atom. The smallest absolute Gasteiger partial charge is 0.276 e. The van der Waals surface area contributed by atoms with E-state index in [9.17, 15) is 27.1 Å². The molecule has 0 heterocycles. The van der Waals surface area contributed by atoms with E-state index in [2.05, 4.69) is 36.7 Å². The number of nitrogens with one attached hydrogen (secondary N) is 2. The highest BCUT2D eigenvalue weighted by atomic mass is 19.3. The first-order chi connectivity index (χ1) is 13.3. The first-order valence-electron chi connectivity index (χ1n) is 8.02. The van der Waals surface area contributed by atoms with Crippen LogP contribution in [0.1, 0.15) is 30.9 Å². The van der Waals surface area contributed by atoms with Gasteiger partial charge in [-0.2, -0.15) is 0 Å². The second-order valence-electron chi connectivity index (χ2n) is 5.25. The second-order valence-corrected chi connectivity index (χ2v) is 5.25. The van der Waals surface area contributed by atoms with Gasteiger partial charge in [0.15, 0.2) is 17.5 Å². The van der Waals surface area contributed by atoms with E-state index < -0.39 is 47.7 Å². The molecule has 1 aliphatic rings. The molecule has 0 bridgehead atoms. The third-order valence-electron chi connectivity index (χ3n) is 3.28. The van der Waals surface area contributed by atoms with Gasteiger partial charge in [-0.05, 0) is 36.6 Å². The van der Waals surface area contributed by atoms with E-state index in [0.717, 1.165) is 18.5 Å². The van der Waals surface area contributed by atoms with Crippen LogP contribution in [0.3, 0.4) is 0 Å². The number of halogens is 5. The van der Waals surface area contributed by atoms with Crippen molar-refractivity contribution in [2.45, 2.75) is 31.8 Å². The van der Waals surface area contributed by atoms with Gasteiger partial charge in [0.2, 0.25) is 0 Å². The van der Waals surface area contributed by atoms with Crippen LogP contribution in [0.15, 0.2) is 49.2 Å². The Kier molecular flexibility index (Phi) is 11.9. The topological polar surface area (TPSA) is 56.1 Å². The second kappa shape index (κ2) is 13.3. The molecule has 0 amide bonds. The molecule has 1 unspecified atom stereocenters. The fourth-order valence-electron chi connectivity index (χ4n) is 1.97. The van der Waals surface area contributed by atoms with Crippen molar-refractivity contribution >= 4 is 5.71 Å². The maximum atomic E-state index is 12.8. The lowest BCUT2D eigenvalue weighted by molar-refractivity contribution is 0.170. The Balaban J connectivity index is 0.000000556. The van der Waals surface area contributed by atoms with Gasteiger partial charge in [-0.1, -0.05) is 18.6 Å². The number of hydrogen-bond acceptors (Lipinski definition) is 3. The van der Waals surface area contributed by atoms with E-state index >= 15 is 0 Å². The minimum Gasteiger partial charge on any atom is -0.388 e. The van der Waals surface area contributed by atoms with Crippen LogP contribution in [0, 0.1) is 35.3 Å². The van der Waals surface area contributed by atoms with E-state index in [1.54, 1.807) is 0 Å². The third kappa shape index (κ3) is 8.64. The van der Waals surface area contributed by atoms with Crippen LogP contribution in [-0.4, -0.2) is 17.2 Å². The molecule has 0 saturated carbocycles. The maximum absolute atomic E-state index is 12.8. The molecule has 2 rings (SSSR count). The number of benzene rings is 1. The van der Waals surface area contributed by atoms with Crippen LogP contribution in [0.5, 0.6) is 0 Å². The number of aliphatic hydroxyl groups excluding tert-OH is 1. The highest BCUT2D eigenvalue weighted by Gasteiger charge is 2.20. The summed E-state index contributed by atoms with van der Waals surface area (Å²) in [6.45, 7) is 6.00. The summed E-state index contributed by atoms with van der Waals surface area (Å²) >= 11 is 0. The molecule has 152 valence electrons. The lowest BCUT2D eigenvalue weighted by Crippen LogP contribution is -2.14. The number of rotatable bonds is 5. The summed E-state index contributed by atoms with van der Waals surface area (Å²) in [5.74, 6) is -4.75. The molecule has 0 aromatic heterocycles. The van der Waals surface area contributed by atoms with Crippen molar-refractivity contribution in [3.05, 3.63) is 72.2 Å². The van der Waals surface area contributed by atoms with Gasteiger partial charge in [0, 0.05) is 18.2 Å². The molecule has 8 heteroatoms. The van der Waals surface area contributed by atoms with Gasteiger partial charge in [-0.15, -0.1) is 13.2 Å². The zero-order chi connectivity index (χ0) is 21.7. The van der Waals surface area contributed by atoms with E-state index in [1.807, 2.05) is 6.08 Å². The lowest BCUT2D eigenvalue weighted by atomic mass is 10.0. The number of allylic oxidation sites excluding steroid dienone is 3. The predicted molar refractivity (Wildman–Crippen MR) is 99.3 cm³/mol. The summed E-state index contributed by atoms with van der Waals surface area (Å²) in [7, 11) is 0. The number of terminal acetylenes is 1. The van der Waals surface area contributed by atoms with Crippen LogP contribution in [0.4, 0.5) is 22.0 Å². The van der Waals surface area contributed by atoms with E-state index in [0.29, 0.717) is 12.1 Å². The zero-order valence-electron chi connectivity index (χ0n) is 15.0. The molecule has 1 aromatic rings. The van der Waals surface area contributed by atoms with Gasteiger partial charge in [-0.3, -0.25) is 0 Å². The summed E-state index contributed by atoms with van der Waals surface area (Å²) in [6, 6.07) is 3.37. The zero-order valence-corrected chi connectivity index (χ0v) is 15.0. The van der Waals surface area contributed by atoms with Crippen LogP contribution < -0.4 is 5.32 Å². The average Bonchev–Trinajstić information content (AvgIpc) is 2.68. The third-order valence-corrected chi connectivity index (χ3v) is 3.28. The van der Waals surface area contributed by atoms with E-state index in [-0.39, 0.29) is 0 Å². The van der Waals surface area contributed by atoms with E-state index in [4.69, 9.17) is 11.8 Å². The molecular weight excluding hydrogens is 379 g/mol. The fourth-order valence-corrected chi connectivity index (χ4v) is 1.97. The molecule has 0 radical (unpaired) electrons. The molecule has 1 aromatic carbocycles. The van der Waals surface area contributed by atoms with Crippen molar-refractivity contribution in [1.29, 1.82) is 5.41 Å². The van der Waals surface area contributed by atoms with Crippen molar-refractivity contribution < 1.29 is 27.1 Å². The maximum Gasteiger partial charge on any atom is 0.276 e. The minimum absolute atomic E-state index is 0.396. The van der Waals surface area contributed by atoms with Crippen LogP contribution in [0.2, 0.25) is 0 Å². The van der Waals surface area contributed by atoms with Crippen LogP contribution in [0.25, 0.3) is 0 Å². The Labute approximate surface area is 160 Å². The van der Waals surface area contributed by atoms with Gasteiger partial charge in [0.25, 0.3) is 6.43 Å². The predicted octanol–water partition coefficient (Wildman–Crippen LogP) is 5.02. The summed E-state index contributed by atoms with van der Waals surface area (Å²) < 4.78 is 62.1. The Morgan fingerprint density at radius 1 is 1.21 bits per heavy atom. The van der Waals surface area contributed by atoms with Crippen LogP contribution in [-0.2, 0) is 0 Å². The fraction of sp³-hybridized carbons (Fsp3) is 0.250. The standard InChI is InChI=1S/C10H8F5NO.C8H9N.C2H4/c11-5-1-4(2-6(12)9(5)13)8(17)3-7(16)10(14)15;1-2-9-8-6-4-3-5-7-8;1-2/h1-2,8,10,16-17H,3H2;1,4,6-7,9H,3,5H2;1-2H2. The van der Waals surface area contributed by atoms with Gasteiger partial charge in [-0.25, -0.2) is 22.0 Å². The highest BCUT2D eigenvalue weighted by molar-refractivity contribution is 5.84. The SMILES string of the molecule is C#CNC1=CCCC=C1.C=C.N=C(CC(O)c1cc(F)c(F)c(F)c1)C(F)F. The van der Waals surface area contributed by atoms with Crippen molar-refractivity contribution in [3.63, 3.8) is 0 Å². The molecule has 0 fully saturated rings. The van der Waals surface area contributed by atoms with Gasteiger partial charge in [0.05, 0.1) is 11.8 Å². The number of hydrogen-bond donors (Lipinski definition) is 3. The van der Waals surface area contributed by atoms with Crippen molar-refractivity contribution in [2.75, 3.05) is 0 Å². The van der Waals surface area contributed by atoms with Gasteiger partial charge in [0.1, 0.15) is 0 Å². The molecule has 28 heavy (non-hydrogen) atoms. The normalized spacial score (nSPS) is 13.1. The van der Waals surface area contributed by atoms with Crippen molar-refractivity contribution in [1.82, 2.24) is 5.32 Å². The summed E-state index contributed by atoms with van der Waals surface area (Å²) in [5.41, 5.74) is -0.418. The average molecular weight is 400 g/mol. The molecule has 3 N–H and O–H groups in total. The monoisotopic (exact) mass is 400 g/mol. The van der Waals surface area contributed by atoms with E-state index in [1.165, 1.54) is 0 Å². The first-order valence-corrected chi connectivity index (χ1v) is 8.02. The Morgan fingerprint density at radius 3 is 2.21 bits per heavy atom. The van der Waals surface area contributed by atoms with Crippen LogP contribution >= 0.6 is 0 Å². The van der Waals surface area contributed by atoms with Crippen molar-refractivity contribution in [2.24, 2.45) is 0 Å². The quantitative estimate of drug-likeness (QED) is 0.162. The molecule has 1 atom stereocenters. The molecule has 0 saturated heterocycles. The minimum atomic E-state index is -3.06. The molecule has 0 spiro atoms. The lowest BCUT2D eigenvalue weighted by Gasteiger charge is -2.12. The highest BCUT2D eigenvalue weighted by Crippen LogP contribution is 2.22.